The molecule has 0 radical (unpaired) electrons. The van der Waals surface area contributed by atoms with Crippen LogP contribution in [-0.4, -0.2) is 32.4 Å². The second kappa shape index (κ2) is 6.76. The number of rotatable bonds is 6. The lowest BCUT2D eigenvalue weighted by molar-refractivity contribution is -0.152. The summed E-state index contributed by atoms with van der Waals surface area (Å²) in [5.74, 6) is -0.893. The van der Waals surface area contributed by atoms with E-state index in [-0.39, 0.29) is 17.3 Å². The molecular formula is C12H15Cl2NO4S. The predicted molar refractivity (Wildman–Crippen MR) is 77.5 cm³/mol. The van der Waals surface area contributed by atoms with Crippen LogP contribution in [0.15, 0.2) is 29.2 Å². The summed E-state index contributed by atoms with van der Waals surface area (Å²) in [6.45, 7) is 3.10. The number of benzene rings is 1. The largest absolute Gasteiger partial charge is 0.457 e. The fourth-order valence-electron chi connectivity index (χ4n) is 1.34. The highest BCUT2D eigenvalue weighted by Gasteiger charge is 2.25. The van der Waals surface area contributed by atoms with Crippen molar-refractivity contribution in [2.75, 3.05) is 12.4 Å². The first kappa shape index (κ1) is 17.2. The lowest BCUT2D eigenvalue weighted by Crippen LogP contribution is -2.42. The molecule has 0 aliphatic carbocycles. The normalized spacial score (nSPS) is 12.2. The van der Waals surface area contributed by atoms with Gasteiger partial charge in [-0.25, -0.2) is 13.1 Å². The molecule has 20 heavy (non-hydrogen) atoms. The minimum atomic E-state index is -3.69. The van der Waals surface area contributed by atoms with Gasteiger partial charge in [0.05, 0.1) is 11.4 Å². The third-order valence-electron chi connectivity index (χ3n) is 2.31. The zero-order chi connectivity index (χ0) is 15.4. The van der Waals surface area contributed by atoms with E-state index < -0.39 is 21.6 Å². The summed E-state index contributed by atoms with van der Waals surface area (Å²) in [4.78, 5) is 11.2. The summed E-state index contributed by atoms with van der Waals surface area (Å²) < 4.78 is 31.4. The summed E-state index contributed by atoms with van der Waals surface area (Å²) in [5.41, 5.74) is -0.995. The lowest BCUT2D eigenvalue weighted by atomic mass is 10.1. The first-order valence-corrected chi connectivity index (χ1v) is 8.09. The van der Waals surface area contributed by atoms with Gasteiger partial charge in [0.2, 0.25) is 10.0 Å². The highest BCUT2D eigenvalue weighted by atomic mass is 35.5. The highest BCUT2D eigenvalue weighted by Crippen LogP contribution is 2.15. The van der Waals surface area contributed by atoms with Gasteiger partial charge in [-0.3, -0.25) is 4.79 Å². The van der Waals surface area contributed by atoms with Crippen molar-refractivity contribution in [3.8, 4) is 0 Å². The second-order valence-electron chi connectivity index (χ2n) is 4.65. The number of halogens is 2. The van der Waals surface area contributed by atoms with E-state index in [4.69, 9.17) is 27.9 Å². The number of sulfonamides is 1. The molecule has 0 aliphatic rings. The molecule has 0 aliphatic heterocycles. The number of ether oxygens (including phenoxy) is 1. The molecule has 0 bridgehead atoms. The number of esters is 1. The topological polar surface area (TPSA) is 72.5 Å². The molecule has 0 unspecified atom stereocenters. The highest BCUT2D eigenvalue weighted by molar-refractivity contribution is 7.89. The van der Waals surface area contributed by atoms with E-state index >= 15 is 0 Å². The molecule has 0 spiro atoms. The van der Waals surface area contributed by atoms with Crippen molar-refractivity contribution < 1.29 is 17.9 Å². The fraction of sp³-hybridized carbons (Fsp3) is 0.417. The maximum atomic E-state index is 12.0. The Morgan fingerprint density at radius 1 is 1.30 bits per heavy atom. The van der Waals surface area contributed by atoms with Gasteiger partial charge in [0.15, 0.2) is 0 Å². The summed E-state index contributed by atoms with van der Waals surface area (Å²) in [6, 6.07) is 5.74. The Labute approximate surface area is 128 Å². The monoisotopic (exact) mass is 339 g/mol. The van der Waals surface area contributed by atoms with Crippen LogP contribution in [0.4, 0.5) is 0 Å². The van der Waals surface area contributed by atoms with Gasteiger partial charge >= 0.3 is 5.97 Å². The summed E-state index contributed by atoms with van der Waals surface area (Å²) in [5, 5.41) is 0.445. The van der Waals surface area contributed by atoms with Crippen molar-refractivity contribution >= 4 is 39.2 Å². The molecule has 1 rings (SSSR count). The molecule has 112 valence electrons. The molecule has 1 aromatic carbocycles. The smallest absolute Gasteiger partial charge is 0.321 e. The molecule has 0 saturated heterocycles. The lowest BCUT2D eigenvalue weighted by Gasteiger charge is -2.25. The zero-order valence-electron chi connectivity index (χ0n) is 11.0. The van der Waals surface area contributed by atoms with Crippen LogP contribution in [0.1, 0.15) is 13.8 Å². The number of carbonyl (C=O) groups is 1. The molecule has 0 amide bonds. The average Bonchev–Trinajstić information content (AvgIpc) is 2.37. The summed E-state index contributed by atoms with van der Waals surface area (Å²) in [7, 11) is -3.69. The Kier molecular flexibility index (Phi) is 5.82. The van der Waals surface area contributed by atoms with E-state index in [0.717, 1.165) is 0 Å². The first-order chi connectivity index (χ1) is 9.16. The van der Waals surface area contributed by atoms with Gasteiger partial charge in [0.25, 0.3) is 0 Å². The van der Waals surface area contributed by atoms with Crippen LogP contribution in [0.3, 0.4) is 0 Å². The molecule has 0 atom stereocenters. The molecule has 0 heterocycles. The van der Waals surface area contributed by atoms with Gasteiger partial charge in [0, 0.05) is 5.02 Å². The van der Waals surface area contributed by atoms with Gasteiger partial charge in [-0.15, -0.1) is 11.6 Å². The number of nitrogens with one attached hydrogen (secondary N) is 1. The van der Waals surface area contributed by atoms with Crippen molar-refractivity contribution in [1.29, 1.82) is 0 Å². The van der Waals surface area contributed by atoms with Crippen LogP contribution in [0.5, 0.6) is 0 Å². The van der Waals surface area contributed by atoms with Crippen LogP contribution in [0.2, 0.25) is 5.02 Å². The van der Waals surface area contributed by atoms with Gasteiger partial charge in [0.1, 0.15) is 11.5 Å². The number of hydrogen-bond donors (Lipinski definition) is 1. The maximum absolute atomic E-state index is 12.0. The van der Waals surface area contributed by atoms with Gasteiger partial charge < -0.3 is 4.74 Å². The average molecular weight is 340 g/mol. The maximum Gasteiger partial charge on any atom is 0.321 e. The van der Waals surface area contributed by atoms with Crippen LogP contribution >= 0.6 is 23.2 Å². The van der Waals surface area contributed by atoms with E-state index in [9.17, 15) is 13.2 Å². The summed E-state index contributed by atoms with van der Waals surface area (Å²) in [6.07, 6.45) is 0. The zero-order valence-corrected chi connectivity index (χ0v) is 13.3. The second-order valence-corrected chi connectivity index (χ2v) is 7.12. The third kappa shape index (κ3) is 5.28. The van der Waals surface area contributed by atoms with Crippen molar-refractivity contribution in [2.45, 2.75) is 24.3 Å². The Morgan fingerprint density at radius 3 is 2.35 bits per heavy atom. The Balaban J connectivity index is 2.72. The van der Waals surface area contributed by atoms with Gasteiger partial charge in [-0.05, 0) is 38.1 Å². The van der Waals surface area contributed by atoms with Crippen LogP contribution in [0.25, 0.3) is 0 Å². The van der Waals surface area contributed by atoms with E-state index in [0.29, 0.717) is 5.02 Å². The molecular weight excluding hydrogens is 325 g/mol. The van der Waals surface area contributed by atoms with Crippen molar-refractivity contribution in [3.63, 3.8) is 0 Å². The van der Waals surface area contributed by atoms with E-state index in [1.54, 1.807) is 13.8 Å². The molecule has 0 aromatic heterocycles. The third-order valence-corrected chi connectivity index (χ3v) is 4.20. The first-order valence-electron chi connectivity index (χ1n) is 5.69. The van der Waals surface area contributed by atoms with Crippen molar-refractivity contribution in [3.05, 3.63) is 29.3 Å². The summed E-state index contributed by atoms with van der Waals surface area (Å²) >= 11 is 11.0. The molecule has 0 fully saturated rings. The molecule has 8 heteroatoms. The van der Waals surface area contributed by atoms with Gasteiger partial charge in [-0.1, -0.05) is 11.6 Å². The molecule has 1 aromatic rings. The minimum absolute atomic E-state index is 0.0689. The van der Waals surface area contributed by atoms with Crippen LogP contribution < -0.4 is 4.72 Å². The van der Waals surface area contributed by atoms with Crippen LogP contribution in [-0.2, 0) is 19.6 Å². The Morgan fingerprint density at radius 2 is 1.85 bits per heavy atom. The minimum Gasteiger partial charge on any atom is -0.457 e. The molecule has 5 nitrogen and oxygen atoms in total. The van der Waals surface area contributed by atoms with Gasteiger partial charge in [-0.2, -0.15) is 0 Å². The standard InChI is InChI=1S/C12H15Cl2NO4S/c1-12(2,19-11(16)7-13)8-15-20(17,18)10-5-3-9(14)4-6-10/h3-6,15H,7-8H2,1-2H3. The molecule has 0 saturated carbocycles. The Hall–Kier alpha value is -0.820. The SMILES string of the molecule is CC(C)(CNS(=O)(=O)c1ccc(Cl)cc1)OC(=O)CCl. The van der Waals surface area contributed by atoms with E-state index in [2.05, 4.69) is 4.72 Å². The van der Waals surface area contributed by atoms with Crippen molar-refractivity contribution in [2.24, 2.45) is 0 Å². The Bertz CT molecular complexity index is 570. The van der Waals surface area contributed by atoms with E-state index in [1.165, 1.54) is 24.3 Å². The number of carbonyl (C=O) groups excluding carboxylic acids is 1. The van der Waals surface area contributed by atoms with Crippen molar-refractivity contribution in [1.82, 2.24) is 4.72 Å². The van der Waals surface area contributed by atoms with Crippen LogP contribution in [0, 0.1) is 0 Å². The predicted octanol–water partition coefficient (Wildman–Crippen LogP) is 2.18. The fourth-order valence-corrected chi connectivity index (χ4v) is 2.72. The number of hydrogen-bond acceptors (Lipinski definition) is 4. The molecule has 1 N–H and O–H groups in total. The quantitative estimate of drug-likeness (QED) is 0.636. The number of alkyl halides is 1. The van der Waals surface area contributed by atoms with E-state index in [1.807, 2.05) is 0 Å².